The Morgan fingerprint density at radius 3 is 0.880 bits per heavy atom. The van der Waals surface area contributed by atoms with Crippen molar-refractivity contribution in [3.05, 3.63) is 0 Å². The summed E-state index contributed by atoms with van der Waals surface area (Å²) in [6.45, 7) is 4.57. The topological polar surface area (TPSA) is 63.6 Å². The largest absolute Gasteiger partial charge is 0.481 e. The molecule has 0 radical (unpaired) electrons. The Bertz CT molecular complexity index is 677. The summed E-state index contributed by atoms with van der Waals surface area (Å²) in [5.41, 5.74) is 0. The van der Waals surface area contributed by atoms with E-state index in [4.69, 9.17) is 9.84 Å². The van der Waals surface area contributed by atoms with E-state index in [1.165, 1.54) is 199 Å². The maximum atomic E-state index is 12.7. The highest BCUT2D eigenvalue weighted by Gasteiger charge is 2.14. The molecule has 50 heavy (non-hydrogen) atoms. The van der Waals surface area contributed by atoms with Crippen molar-refractivity contribution < 1.29 is 19.4 Å². The zero-order chi connectivity index (χ0) is 36.4. The molecule has 1 unspecified atom stereocenters. The van der Waals surface area contributed by atoms with E-state index < -0.39 is 5.97 Å². The minimum Gasteiger partial charge on any atom is -0.481 e. The summed E-state index contributed by atoms with van der Waals surface area (Å²) in [6, 6.07) is 0. The maximum Gasteiger partial charge on any atom is 0.306 e. The molecule has 4 heteroatoms. The van der Waals surface area contributed by atoms with Crippen LogP contribution in [0.3, 0.4) is 0 Å². The average Bonchev–Trinajstić information content (AvgIpc) is 3.10. The number of carboxylic acids is 1. The van der Waals surface area contributed by atoms with Crippen molar-refractivity contribution in [3.8, 4) is 0 Å². The Morgan fingerprint density at radius 2 is 0.600 bits per heavy atom. The number of rotatable bonds is 43. The standard InChI is InChI=1S/C46H90O4/c1-3-5-7-9-11-13-14-15-16-17-18-19-20-21-22-23-24-25-31-35-39-43-46(49)50-44(40-36-32-28-12-10-8-6-4-2)41-37-33-29-26-27-30-34-38-42-45(47)48/h44H,3-43H2,1-2H3,(H,47,48). The molecule has 4 nitrogen and oxygen atoms in total. The number of aliphatic carboxylic acids is 1. The third-order valence-electron chi connectivity index (χ3n) is 10.8. The Labute approximate surface area is 313 Å². The molecule has 0 saturated heterocycles. The van der Waals surface area contributed by atoms with Gasteiger partial charge in [-0.25, -0.2) is 0 Å². The third kappa shape index (κ3) is 41.4. The molecule has 0 heterocycles. The van der Waals surface area contributed by atoms with Crippen molar-refractivity contribution in [2.24, 2.45) is 0 Å². The molecule has 0 saturated carbocycles. The quantitative estimate of drug-likeness (QED) is 0.0506. The second-order valence-corrected chi connectivity index (χ2v) is 16.0. The van der Waals surface area contributed by atoms with Gasteiger partial charge in [0.15, 0.2) is 0 Å². The molecule has 0 amide bonds. The van der Waals surface area contributed by atoms with Gasteiger partial charge in [-0.2, -0.15) is 0 Å². The molecule has 0 fully saturated rings. The predicted octanol–water partition coefficient (Wildman–Crippen LogP) is 16.0. The maximum absolute atomic E-state index is 12.7. The summed E-state index contributed by atoms with van der Waals surface area (Å²) < 4.78 is 6.06. The van der Waals surface area contributed by atoms with Crippen LogP contribution in [-0.2, 0) is 14.3 Å². The number of hydrogen-bond donors (Lipinski definition) is 1. The normalized spacial score (nSPS) is 12.0. The van der Waals surface area contributed by atoms with Crippen LogP contribution < -0.4 is 0 Å². The molecule has 1 atom stereocenters. The number of carbonyl (C=O) groups is 2. The van der Waals surface area contributed by atoms with Crippen molar-refractivity contribution in [2.75, 3.05) is 0 Å². The van der Waals surface area contributed by atoms with E-state index >= 15 is 0 Å². The number of carbonyl (C=O) groups excluding carboxylic acids is 1. The first kappa shape index (κ1) is 48.9. The number of ether oxygens (including phenoxy) is 1. The van der Waals surface area contributed by atoms with Gasteiger partial charge in [0.05, 0.1) is 0 Å². The van der Waals surface area contributed by atoms with Crippen LogP contribution in [0.15, 0.2) is 0 Å². The summed E-state index contributed by atoms with van der Waals surface area (Å²) in [5.74, 6) is -0.642. The first-order chi connectivity index (χ1) is 24.6. The molecule has 0 aromatic rings. The van der Waals surface area contributed by atoms with Gasteiger partial charge in [0.25, 0.3) is 0 Å². The van der Waals surface area contributed by atoms with Gasteiger partial charge in [-0.05, 0) is 38.5 Å². The minimum atomic E-state index is -0.678. The third-order valence-corrected chi connectivity index (χ3v) is 10.8. The molecule has 0 rings (SSSR count). The van der Waals surface area contributed by atoms with Gasteiger partial charge in [0.1, 0.15) is 6.10 Å². The molecular formula is C46H90O4. The van der Waals surface area contributed by atoms with Gasteiger partial charge in [-0.3, -0.25) is 9.59 Å². The highest BCUT2D eigenvalue weighted by Crippen LogP contribution is 2.20. The molecule has 0 aromatic heterocycles. The fraction of sp³-hybridized carbons (Fsp3) is 0.957. The Hall–Kier alpha value is -1.06. The van der Waals surface area contributed by atoms with E-state index in [2.05, 4.69) is 13.8 Å². The second-order valence-electron chi connectivity index (χ2n) is 16.0. The van der Waals surface area contributed by atoms with Crippen LogP contribution in [0.4, 0.5) is 0 Å². The van der Waals surface area contributed by atoms with Crippen LogP contribution >= 0.6 is 0 Å². The lowest BCUT2D eigenvalue weighted by Gasteiger charge is -2.18. The summed E-state index contributed by atoms with van der Waals surface area (Å²) in [5, 5.41) is 8.76. The minimum absolute atomic E-state index is 0.0359. The van der Waals surface area contributed by atoms with Crippen LogP contribution in [0.1, 0.15) is 277 Å². The van der Waals surface area contributed by atoms with E-state index in [0.717, 1.165) is 51.4 Å². The summed E-state index contributed by atoms with van der Waals surface area (Å²) in [4.78, 5) is 23.4. The van der Waals surface area contributed by atoms with Crippen molar-refractivity contribution >= 4 is 11.9 Å². The van der Waals surface area contributed by atoms with E-state index in [1.807, 2.05) is 0 Å². The Balaban J connectivity index is 3.83. The number of esters is 1. The number of carboxylic acid groups (broad SMARTS) is 1. The molecule has 0 aliphatic heterocycles. The molecule has 1 N–H and O–H groups in total. The van der Waals surface area contributed by atoms with Crippen molar-refractivity contribution in [2.45, 2.75) is 283 Å². The van der Waals surface area contributed by atoms with Crippen LogP contribution in [-0.4, -0.2) is 23.1 Å². The fourth-order valence-electron chi connectivity index (χ4n) is 7.42. The lowest BCUT2D eigenvalue weighted by atomic mass is 10.0. The smallest absolute Gasteiger partial charge is 0.306 e. The monoisotopic (exact) mass is 707 g/mol. The average molecular weight is 707 g/mol. The van der Waals surface area contributed by atoms with E-state index in [9.17, 15) is 9.59 Å². The lowest BCUT2D eigenvalue weighted by Crippen LogP contribution is -2.18. The lowest BCUT2D eigenvalue weighted by molar-refractivity contribution is -0.150. The zero-order valence-corrected chi connectivity index (χ0v) is 34.2. The molecule has 0 bridgehead atoms. The van der Waals surface area contributed by atoms with Crippen LogP contribution in [0, 0.1) is 0 Å². The zero-order valence-electron chi connectivity index (χ0n) is 34.2. The molecule has 0 spiro atoms. The molecule has 0 aliphatic rings. The highest BCUT2D eigenvalue weighted by molar-refractivity contribution is 5.69. The predicted molar refractivity (Wildman–Crippen MR) is 218 cm³/mol. The van der Waals surface area contributed by atoms with Gasteiger partial charge in [0, 0.05) is 12.8 Å². The summed E-state index contributed by atoms with van der Waals surface area (Å²) in [6.07, 6.45) is 51.6. The van der Waals surface area contributed by atoms with Crippen molar-refractivity contribution in [1.82, 2.24) is 0 Å². The Kier molecular flexibility index (Phi) is 41.5. The van der Waals surface area contributed by atoms with Crippen LogP contribution in [0.5, 0.6) is 0 Å². The molecule has 0 aromatic carbocycles. The summed E-state index contributed by atoms with van der Waals surface area (Å²) in [7, 11) is 0. The Morgan fingerprint density at radius 1 is 0.360 bits per heavy atom. The number of hydrogen-bond acceptors (Lipinski definition) is 3. The summed E-state index contributed by atoms with van der Waals surface area (Å²) >= 11 is 0. The van der Waals surface area contributed by atoms with Gasteiger partial charge < -0.3 is 9.84 Å². The van der Waals surface area contributed by atoms with Crippen molar-refractivity contribution in [3.63, 3.8) is 0 Å². The van der Waals surface area contributed by atoms with Gasteiger partial charge in [0.2, 0.25) is 0 Å². The van der Waals surface area contributed by atoms with Crippen LogP contribution in [0.25, 0.3) is 0 Å². The number of unbranched alkanes of at least 4 members (excludes halogenated alkanes) is 34. The first-order valence-corrected chi connectivity index (χ1v) is 23.0. The molecule has 298 valence electrons. The van der Waals surface area contributed by atoms with Gasteiger partial charge in [-0.15, -0.1) is 0 Å². The van der Waals surface area contributed by atoms with E-state index in [0.29, 0.717) is 12.8 Å². The van der Waals surface area contributed by atoms with E-state index in [1.54, 1.807) is 0 Å². The highest BCUT2D eigenvalue weighted by atomic mass is 16.5. The van der Waals surface area contributed by atoms with Crippen molar-refractivity contribution in [1.29, 1.82) is 0 Å². The molecule has 0 aliphatic carbocycles. The second kappa shape index (κ2) is 42.4. The SMILES string of the molecule is CCCCCCCCCCCCCCCCCCCCCCCC(=O)OC(CCCCCCCCCC)CCCCCCCCCCC(=O)O. The first-order valence-electron chi connectivity index (χ1n) is 23.0. The van der Waals surface area contributed by atoms with Gasteiger partial charge in [-0.1, -0.05) is 226 Å². The molecular weight excluding hydrogens is 617 g/mol. The fourth-order valence-corrected chi connectivity index (χ4v) is 7.42. The van der Waals surface area contributed by atoms with Gasteiger partial charge >= 0.3 is 11.9 Å². The van der Waals surface area contributed by atoms with E-state index in [-0.39, 0.29) is 12.1 Å². The van der Waals surface area contributed by atoms with Crippen LogP contribution in [0.2, 0.25) is 0 Å².